The molecule has 3 aliphatic rings. The fourth-order valence-electron chi connectivity index (χ4n) is 3.35. The van der Waals surface area contributed by atoms with E-state index in [0.717, 1.165) is 6.54 Å². The topological polar surface area (TPSA) is 41.3 Å². The molecule has 4 heterocycles. The lowest BCUT2D eigenvalue weighted by molar-refractivity contribution is 0.0973. The number of nitrogens with zero attached hydrogens (tertiary/aromatic N) is 2. The second kappa shape index (κ2) is 4.20. The van der Waals surface area contributed by atoms with Crippen LogP contribution >= 0.6 is 0 Å². The van der Waals surface area contributed by atoms with E-state index in [0.29, 0.717) is 28.7 Å². The maximum Gasteiger partial charge on any atom is 0.180 e. The molecule has 0 radical (unpaired) electrons. The Morgan fingerprint density at radius 1 is 1.32 bits per heavy atom. The number of aromatic nitrogens is 1. The molecule has 4 nitrogen and oxygen atoms in total. The molecule has 3 aliphatic heterocycles. The van der Waals surface area contributed by atoms with Gasteiger partial charge in [-0.3, -0.25) is 0 Å². The molecule has 1 atom stereocenters. The van der Waals surface area contributed by atoms with Crippen molar-refractivity contribution in [2.24, 2.45) is 5.92 Å². The summed E-state index contributed by atoms with van der Waals surface area (Å²) >= 11 is 0. The second-order valence-corrected chi connectivity index (χ2v) is 5.53. The fraction of sp³-hybridized carbons (Fsp3) is 0.500. The van der Waals surface area contributed by atoms with Gasteiger partial charge in [0.25, 0.3) is 0 Å². The normalized spacial score (nSPS) is 29.8. The summed E-state index contributed by atoms with van der Waals surface area (Å²) in [5.41, 5.74) is 0.503. The SMILES string of the molecule is Fc1cccc2onc(NC3CN4CCC3CC4)c12. The lowest BCUT2D eigenvalue weighted by Crippen LogP contribution is -2.53. The van der Waals surface area contributed by atoms with Crippen LogP contribution in [0.1, 0.15) is 12.8 Å². The van der Waals surface area contributed by atoms with Crippen LogP contribution < -0.4 is 5.32 Å². The first-order chi connectivity index (χ1) is 9.31. The Hall–Kier alpha value is -1.62. The van der Waals surface area contributed by atoms with E-state index in [1.807, 2.05) is 0 Å². The summed E-state index contributed by atoms with van der Waals surface area (Å²) in [7, 11) is 0. The third-order valence-electron chi connectivity index (χ3n) is 4.43. The first-order valence-corrected chi connectivity index (χ1v) is 6.84. The molecular formula is C14H16FN3O. The highest BCUT2D eigenvalue weighted by Gasteiger charge is 2.34. The van der Waals surface area contributed by atoms with Gasteiger partial charge in [-0.25, -0.2) is 4.39 Å². The number of hydrogen-bond donors (Lipinski definition) is 1. The molecule has 0 spiro atoms. The minimum absolute atomic E-state index is 0.275. The molecule has 0 aliphatic carbocycles. The van der Waals surface area contributed by atoms with Gasteiger partial charge >= 0.3 is 0 Å². The monoisotopic (exact) mass is 261 g/mol. The summed E-state index contributed by atoms with van der Waals surface area (Å²) in [4.78, 5) is 2.45. The predicted molar refractivity (Wildman–Crippen MR) is 70.5 cm³/mol. The minimum Gasteiger partial charge on any atom is -0.362 e. The Labute approximate surface area is 110 Å². The van der Waals surface area contributed by atoms with Gasteiger partial charge in [-0.05, 0) is 44.0 Å². The molecule has 2 bridgehead atoms. The molecule has 3 saturated heterocycles. The number of nitrogens with one attached hydrogen (secondary N) is 1. The molecule has 2 aromatic rings. The van der Waals surface area contributed by atoms with Crippen molar-refractivity contribution in [3.8, 4) is 0 Å². The Balaban J connectivity index is 1.65. The van der Waals surface area contributed by atoms with Crippen molar-refractivity contribution in [1.29, 1.82) is 0 Å². The van der Waals surface area contributed by atoms with Crippen molar-refractivity contribution >= 4 is 16.8 Å². The average Bonchev–Trinajstić information content (AvgIpc) is 2.85. The summed E-state index contributed by atoms with van der Waals surface area (Å²) in [5.74, 6) is 0.942. The van der Waals surface area contributed by atoms with E-state index in [4.69, 9.17) is 4.52 Å². The summed E-state index contributed by atoms with van der Waals surface area (Å²) in [6.07, 6.45) is 2.44. The van der Waals surface area contributed by atoms with Crippen molar-refractivity contribution in [3.05, 3.63) is 24.0 Å². The van der Waals surface area contributed by atoms with Crippen LogP contribution in [0.25, 0.3) is 11.0 Å². The number of hydrogen-bond acceptors (Lipinski definition) is 4. The van der Waals surface area contributed by atoms with E-state index in [-0.39, 0.29) is 5.82 Å². The molecular weight excluding hydrogens is 245 g/mol. The van der Waals surface area contributed by atoms with Gasteiger partial charge in [0.1, 0.15) is 11.2 Å². The molecule has 0 amide bonds. The molecule has 100 valence electrons. The third kappa shape index (κ3) is 1.80. The van der Waals surface area contributed by atoms with Crippen LogP contribution in [0.2, 0.25) is 0 Å². The quantitative estimate of drug-likeness (QED) is 0.901. The lowest BCUT2D eigenvalue weighted by atomic mass is 9.84. The maximum absolute atomic E-state index is 13.9. The summed E-state index contributed by atoms with van der Waals surface area (Å²) < 4.78 is 19.1. The molecule has 5 rings (SSSR count). The van der Waals surface area contributed by atoms with Gasteiger partial charge in [-0.1, -0.05) is 11.2 Å². The molecule has 1 N–H and O–H groups in total. The van der Waals surface area contributed by atoms with Gasteiger partial charge < -0.3 is 14.7 Å². The number of anilines is 1. The maximum atomic E-state index is 13.9. The Kier molecular flexibility index (Phi) is 2.48. The van der Waals surface area contributed by atoms with Crippen LogP contribution in [0.4, 0.5) is 10.2 Å². The van der Waals surface area contributed by atoms with Crippen LogP contribution in [-0.4, -0.2) is 35.7 Å². The number of fused-ring (bicyclic) bond motifs is 4. The Morgan fingerprint density at radius 2 is 2.16 bits per heavy atom. The number of benzene rings is 1. The van der Waals surface area contributed by atoms with E-state index in [9.17, 15) is 4.39 Å². The predicted octanol–water partition coefficient (Wildman–Crippen LogP) is 2.47. The number of halogens is 1. The van der Waals surface area contributed by atoms with E-state index >= 15 is 0 Å². The van der Waals surface area contributed by atoms with Crippen molar-refractivity contribution in [2.75, 3.05) is 25.0 Å². The molecule has 5 heteroatoms. The van der Waals surface area contributed by atoms with Crippen molar-refractivity contribution < 1.29 is 8.91 Å². The smallest absolute Gasteiger partial charge is 0.180 e. The van der Waals surface area contributed by atoms with Gasteiger partial charge in [0.05, 0.1) is 0 Å². The first-order valence-electron chi connectivity index (χ1n) is 6.84. The summed E-state index contributed by atoms with van der Waals surface area (Å²) in [5, 5.41) is 7.85. The van der Waals surface area contributed by atoms with E-state index in [2.05, 4.69) is 15.4 Å². The molecule has 1 unspecified atom stereocenters. The number of piperidine rings is 3. The minimum atomic E-state index is -0.275. The molecule has 1 aromatic heterocycles. The van der Waals surface area contributed by atoms with Gasteiger partial charge in [0.2, 0.25) is 0 Å². The van der Waals surface area contributed by atoms with Crippen LogP contribution in [-0.2, 0) is 0 Å². The van der Waals surface area contributed by atoms with Gasteiger partial charge in [0, 0.05) is 12.6 Å². The first kappa shape index (κ1) is 11.2. The fourth-order valence-corrected chi connectivity index (χ4v) is 3.35. The van der Waals surface area contributed by atoms with E-state index < -0.39 is 0 Å². The van der Waals surface area contributed by atoms with Crippen LogP contribution in [0, 0.1) is 11.7 Å². The van der Waals surface area contributed by atoms with Gasteiger partial charge in [-0.2, -0.15) is 0 Å². The summed E-state index contributed by atoms with van der Waals surface area (Å²) in [6.45, 7) is 3.40. The highest BCUT2D eigenvalue weighted by Crippen LogP contribution is 2.32. The van der Waals surface area contributed by atoms with Crippen LogP contribution in [0.3, 0.4) is 0 Å². The molecule has 0 saturated carbocycles. The van der Waals surface area contributed by atoms with Crippen molar-refractivity contribution in [3.63, 3.8) is 0 Å². The van der Waals surface area contributed by atoms with Gasteiger partial charge in [-0.15, -0.1) is 0 Å². The Bertz CT molecular complexity index is 604. The third-order valence-corrected chi connectivity index (χ3v) is 4.43. The average molecular weight is 261 g/mol. The molecule has 3 fully saturated rings. The highest BCUT2D eigenvalue weighted by molar-refractivity contribution is 5.88. The van der Waals surface area contributed by atoms with E-state index in [1.165, 1.54) is 32.0 Å². The zero-order valence-electron chi connectivity index (χ0n) is 10.6. The van der Waals surface area contributed by atoms with Crippen molar-refractivity contribution in [1.82, 2.24) is 10.1 Å². The number of rotatable bonds is 2. The van der Waals surface area contributed by atoms with E-state index in [1.54, 1.807) is 12.1 Å². The molecule has 1 aromatic carbocycles. The zero-order valence-corrected chi connectivity index (χ0v) is 10.6. The second-order valence-electron chi connectivity index (χ2n) is 5.53. The van der Waals surface area contributed by atoms with Gasteiger partial charge in [0.15, 0.2) is 11.4 Å². The summed E-state index contributed by atoms with van der Waals surface area (Å²) in [6, 6.07) is 5.19. The zero-order chi connectivity index (χ0) is 12.8. The largest absolute Gasteiger partial charge is 0.362 e. The highest BCUT2D eigenvalue weighted by atomic mass is 19.1. The Morgan fingerprint density at radius 3 is 2.89 bits per heavy atom. The lowest BCUT2D eigenvalue weighted by Gasteiger charge is -2.44. The molecule has 19 heavy (non-hydrogen) atoms. The standard InChI is InChI=1S/C14H16FN3O/c15-10-2-1-3-12-13(10)14(17-19-12)16-11-8-18-6-4-9(11)5-7-18/h1-3,9,11H,4-8H2,(H,16,17). The van der Waals surface area contributed by atoms with Crippen LogP contribution in [0.5, 0.6) is 0 Å². The van der Waals surface area contributed by atoms with Crippen LogP contribution in [0.15, 0.2) is 22.7 Å². The van der Waals surface area contributed by atoms with Crippen molar-refractivity contribution in [2.45, 2.75) is 18.9 Å².